The number of ether oxygens (including phenoxy) is 1. The molecule has 0 atom stereocenters. The summed E-state index contributed by atoms with van der Waals surface area (Å²) in [6, 6.07) is 9.06. The first-order valence-electron chi connectivity index (χ1n) is 9.84. The summed E-state index contributed by atoms with van der Waals surface area (Å²) < 4.78 is 46.9. The lowest BCUT2D eigenvalue weighted by Gasteiger charge is -2.19. The van der Waals surface area contributed by atoms with Crippen LogP contribution < -0.4 is 0 Å². The maximum atomic E-state index is 13.2. The van der Waals surface area contributed by atoms with Crippen LogP contribution in [0.2, 0.25) is 0 Å². The van der Waals surface area contributed by atoms with Crippen LogP contribution >= 0.6 is 22.6 Å². The van der Waals surface area contributed by atoms with Gasteiger partial charge in [-0.15, -0.1) is 0 Å². The van der Waals surface area contributed by atoms with Gasteiger partial charge in [-0.25, -0.2) is 0 Å². The van der Waals surface area contributed by atoms with Crippen LogP contribution in [-0.4, -0.2) is 58.1 Å². The highest BCUT2D eigenvalue weighted by Gasteiger charge is 2.30. The molecule has 0 N–H and O–H groups in total. The second kappa shape index (κ2) is 9.11. The molecular weight excluding hydrogens is 524 g/mol. The smallest absolute Gasteiger partial charge is 0.380 e. The number of aromatic nitrogens is 3. The van der Waals surface area contributed by atoms with Crippen molar-refractivity contribution in [3.63, 3.8) is 0 Å². The highest BCUT2D eigenvalue weighted by Crippen LogP contribution is 2.27. The van der Waals surface area contributed by atoms with Crippen LogP contribution in [0.15, 0.2) is 36.5 Å². The predicted octanol–water partition coefficient (Wildman–Crippen LogP) is 4.05. The van der Waals surface area contributed by atoms with Gasteiger partial charge in [-0.1, -0.05) is 18.2 Å². The van der Waals surface area contributed by atoms with E-state index >= 15 is 0 Å². The zero-order valence-corrected chi connectivity index (χ0v) is 18.7. The van der Waals surface area contributed by atoms with Crippen LogP contribution in [0.4, 0.5) is 13.2 Å². The highest BCUT2D eigenvalue weighted by atomic mass is 127. The first-order valence-corrected chi connectivity index (χ1v) is 10.9. The Bertz CT molecular complexity index is 1090. The lowest BCUT2D eigenvalue weighted by atomic mass is 10.1. The summed E-state index contributed by atoms with van der Waals surface area (Å²) in [4.78, 5) is 18.8. The fraction of sp³-hybridized carbons (Fsp3) is 0.381. The number of amides is 1. The molecule has 3 heterocycles. The summed E-state index contributed by atoms with van der Waals surface area (Å²) >= 11 is 2.19. The molecule has 6 nitrogen and oxygen atoms in total. The predicted molar refractivity (Wildman–Crippen MR) is 117 cm³/mol. The van der Waals surface area contributed by atoms with Gasteiger partial charge in [-0.2, -0.15) is 18.3 Å². The number of carbonyl (C=O) groups excluding carboxylic acids is 1. The second-order valence-corrected chi connectivity index (χ2v) is 8.49. The van der Waals surface area contributed by atoms with E-state index in [1.165, 1.54) is 12.3 Å². The van der Waals surface area contributed by atoms with Gasteiger partial charge in [0.15, 0.2) is 0 Å². The van der Waals surface area contributed by atoms with Crippen LogP contribution in [0.3, 0.4) is 0 Å². The van der Waals surface area contributed by atoms with Crippen LogP contribution in [0.5, 0.6) is 0 Å². The molecule has 31 heavy (non-hydrogen) atoms. The van der Waals surface area contributed by atoms with Gasteiger partial charge in [-0.05, 0) is 46.7 Å². The topological polar surface area (TPSA) is 60.2 Å². The Labute approximate surface area is 190 Å². The summed E-state index contributed by atoms with van der Waals surface area (Å²) in [6.45, 7) is 0.733. The zero-order valence-electron chi connectivity index (χ0n) is 16.5. The molecule has 0 aliphatic carbocycles. The van der Waals surface area contributed by atoms with E-state index in [0.29, 0.717) is 50.2 Å². The molecule has 0 unspecified atom stereocenters. The molecule has 1 aliphatic rings. The third-order valence-electron chi connectivity index (χ3n) is 5.09. The number of rotatable bonds is 4. The van der Waals surface area contributed by atoms with Crippen LogP contribution in [0.1, 0.15) is 28.2 Å². The molecule has 2 aromatic heterocycles. The first-order chi connectivity index (χ1) is 14.8. The van der Waals surface area contributed by atoms with Crippen LogP contribution in [0.25, 0.3) is 10.9 Å². The van der Waals surface area contributed by atoms with Crippen molar-refractivity contribution in [3.05, 3.63) is 57.1 Å². The zero-order chi connectivity index (χ0) is 22.0. The standard InChI is InChI=1S/C21H20F3IN4O2/c22-21(23,24)13-29-19-11-18(20(30)28-6-3-8-31-9-7-28)26-12-15(19)17(27-29)10-14-4-1-2-5-16(14)25/h1-2,4-5,11-12H,3,6-10,13H2. The van der Waals surface area contributed by atoms with Gasteiger partial charge in [-0.3, -0.25) is 14.5 Å². The van der Waals surface area contributed by atoms with E-state index < -0.39 is 12.7 Å². The largest absolute Gasteiger partial charge is 0.408 e. The van der Waals surface area contributed by atoms with Crippen molar-refractivity contribution < 1.29 is 22.7 Å². The van der Waals surface area contributed by atoms with Crippen LogP contribution in [0, 0.1) is 3.57 Å². The minimum Gasteiger partial charge on any atom is -0.380 e. The van der Waals surface area contributed by atoms with Gasteiger partial charge in [0.25, 0.3) is 5.91 Å². The van der Waals surface area contributed by atoms with Crippen molar-refractivity contribution in [1.82, 2.24) is 19.7 Å². The number of benzene rings is 1. The summed E-state index contributed by atoms with van der Waals surface area (Å²) in [7, 11) is 0. The molecular formula is C21H20F3IN4O2. The molecule has 0 spiro atoms. The fourth-order valence-corrected chi connectivity index (χ4v) is 4.18. The minimum atomic E-state index is -4.44. The number of hydrogen-bond donors (Lipinski definition) is 0. The fourth-order valence-electron chi connectivity index (χ4n) is 3.61. The molecule has 0 saturated carbocycles. The third-order valence-corrected chi connectivity index (χ3v) is 6.14. The van der Waals surface area contributed by atoms with Crippen molar-refractivity contribution in [2.24, 2.45) is 0 Å². The molecule has 3 aromatic rings. The molecule has 164 valence electrons. The quantitative estimate of drug-likeness (QED) is 0.466. The summed E-state index contributed by atoms with van der Waals surface area (Å²) in [5.74, 6) is -0.314. The number of halogens is 4. The van der Waals surface area contributed by atoms with Gasteiger partial charge >= 0.3 is 6.18 Å². The van der Waals surface area contributed by atoms with E-state index in [1.807, 2.05) is 24.3 Å². The number of pyridine rings is 1. The van der Waals surface area contributed by atoms with Gasteiger partial charge in [0, 0.05) is 41.3 Å². The molecule has 1 aromatic carbocycles. The van der Waals surface area contributed by atoms with Gasteiger partial charge in [0.05, 0.1) is 17.8 Å². The van der Waals surface area contributed by atoms with Crippen molar-refractivity contribution in [3.8, 4) is 0 Å². The average molecular weight is 544 g/mol. The van der Waals surface area contributed by atoms with Crippen molar-refractivity contribution >= 4 is 39.4 Å². The summed E-state index contributed by atoms with van der Waals surface area (Å²) in [5, 5.41) is 4.76. The lowest BCUT2D eigenvalue weighted by Crippen LogP contribution is -2.33. The highest BCUT2D eigenvalue weighted by molar-refractivity contribution is 14.1. The number of nitrogens with zero attached hydrogens (tertiary/aromatic N) is 4. The summed E-state index contributed by atoms with van der Waals surface area (Å²) in [6.07, 6.45) is -1.90. The van der Waals surface area contributed by atoms with E-state index in [9.17, 15) is 18.0 Å². The number of fused-ring (bicyclic) bond motifs is 1. The number of alkyl halides is 3. The van der Waals surface area contributed by atoms with E-state index in [4.69, 9.17) is 4.74 Å². The Kier molecular flexibility index (Phi) is 6.47. The summed E-state index contributed by atoms with van der Waals surface area (Å²) in [5.41, 5.74) is 1.82. The first kappa shape index (κ1) is 22.0. The molecule has 1 saturated heterocycles. The molecule has 0 bridgehead atoms. The van der Waals surface area contributed by atoms with Crippen LogP contribution in [-0.2, 0) is 17.7 Å². The SMILES string of the molecule is O=C(c1cc2c(cn1)c(Cc1ccccc1I)nn2CC(F)(F)F)N1CCCOCC1. The van der Waals surface area contributed by atoms with E-state index in [0.717, 1.165) is 13.8 Å². The normalized spacial score (nSPS) is 15.3. The molecule has 1 amide bonds. The monoisotopic (exact) mass is 544 g/mol. The van der Waals surface area contributed by atoms with E-state index in [1.54, 1.807) is 4.90 Å². The maximum Gasteiger partial charge on any atom is 0.408 e. The Balaban J connectivity index is 1.73. The molecule has 4 rings (SSSR count). The Hall–Kier alpha value is -2.21. The van der Waals surface area contributed by atoms with Crippen molar-refractivity contribution in [1.29, 1.82) is 0 Å². The average Bonchev–Trinajstić information content (AvgIpc) is 2.90. The Morgan fingerprint density at radius 1 is 1.19 bits per heavy atom. The number of hydrogen-bond acceptors (Lipinski definition) is 4. The number of carbonyl (C=O) groups is 1. The van der Waals surface area contributed by atoms with Crippen molar-refractivity contribution in [2.45, 2.75) is 25.6 Å². The lowest BCUT2D eigenvalue weighted by molar-refractivity contribution is -0.141. The maximum absolute atomic E-state index is 13.2. The molecule has 1 fully saturated rings. The molecule has 1 aliphatic heterocycles. The Morgan fingerprint density at radius 2 is 2.00 bits per heavy atom. The molecule has 10 heteroatoms. The minimum absolute atomic E-state index is 0.110. The van der Waals surface area contributed by atoms with Gasteiger partial charge in [0.2, 0.25) is 0 Å². The Morgan fingerprint density at radius 3 is 2.77 bits per heavy atom. The van der Waals surface area contributed by atoms with E-state index in [2.05, 4.69) is 32.7 Å². The third kappa shape index (κ3) is 5.17. The molecule has 0 radical (unpaired) electrons. The van der Waals surface area contributed by atoms with Crippen molar-refractivity contribution in [2.75, 3.05) is 26.3 Å². The van der Waals surface area contributed by atoms with Gasteiger partial charge in [0.1, 0.15) is 12.2 Å². The van der Waals surface area contributed by atoms with Gasteiger partial charge < -0.3 is 9.64 Å². The van der Waals surface area contributed by atoms with E-state index in [-0.39, 0.29) is 17.1 Å². The second-order valence-electron chi connectivity index (χ2n) is 7.33.